The van der Waals surface area contributed by atoms with E-state index in [2.05, 4.69) is 35.0 Å². The summed E-state index contributed by atoms with van der Waals surface area (Å²) in [5, 5.41) is 0. The highest BCUT2D eigenvalue weighted by Gasteiger charge is 2.08. The highest BCUT2D eigenvalue weighted by atomic mass is 79.9. The summed E-state index contributed by atoms with van der Waals surface area (Å²) >= 11 is 5.14. The molecule has 0 atom stereocenters. The molecule has 18 heavy (non-hydrogen) atoms. The van der Waals surface area contributed by atoms with E-state index in [-0.39, 0.29) is 0 Å². The summed E-state index contributed by atoms with van der Waals surface area (Å²) in [6.45, 7) is 2.63. The van der Waals surface area contributed by atoms with Gasteiger partial charge in [-0.25, -0.2) is 0 Å². The van der Waals surface area contributed by atoms with Crippen molar-refractivity contribution in [2.24, 2.45) is 0 Å². The van der Waals surface area contributed by atoms with Gasteiger partial charge in [0.05, 0.1) is 10.0 Å². The Morgan fingerprint density at radius 3 is 2.72 bits per heavy atom. The topological polar surface area (TPSA) is 26.3 Å². The van der Waals surface area contributed by atoms with Crippen LogP contribution in [-0.4, -0.2) is 6.29 Å². The minimum Gasteiger partial charge on any atom is -0.486 e. The van der Waals surface area contributed by atoms with Crippen LogP contribution in [0, 0.1) is 0 Å². The zero-order chi connectivity index (χ0) is 13.0. The Morgan fingerprint density at radius 1 is 1.28 bits per heavy atom. The van der Waals surface area contributed by atoms with E-state index in [1.807, 2.05) is 12.1 Å². The first-order valence-electron chi connectivity index (χ1n) is 5.68. The highest BCUT2D eigenvalue weighted by molar-refractivity contribution is 9.10. The molecule has 1 aromatic heterocycles. The molecule has 0 bridgehead atoms. The van der Waals surface area contributed by atoms with E-state index >= 15 is 0 Å². The van der Waals surface area contributed by atoms with Crippen LogP contribution < -0.4 is 4.74 Å². The third-order valence-corrected chi connectivity index (χ3v) is 4.38. The number of hydrogen-bond acceptors (Lipinski definition) is 3. The van der Waals surface area contributed by atoms with Gasteiger partial charge in [0.15, 0.2) is 6.29 Å². The Kier molecular flexibility index (Phi) is 4.55. The molecule has 0 radical (unpaired) electrons. The van der Waals surface area contributed by atoms with Crippen LogP contribution in [0.4, 0.5) is 0 Å². The summed E-state index contributed by atoms with van der Waals surface area (Å²) in [7, 11) is 0. The number of ether oxygens (including phenoxy) is 1. The first kappa shape index (κ1) is 13.3. The van der Waals surface area contributed by atoms with Gasteiger partial charge >= 0.3 is 0 Å². The molecule has 0 aliphatic carbocycles. The molecule has 2 aromatic rings. The van der Waals surface area contributed by atoms with Crippen LogP contribution in [0.25, 0.3) is 0 Å². The minimum atomic E-state index is 0.494. The predicted molar refractivity (Wildman–Crippen MR) is 77.6 cm³/mol. The number of rotatable bonds is 5. The Balaban J connectivity index is 2.12. The molecule has 0 saturated heterocycles. The number of para-hydroxylation sites is 1. The van der Waals surface area contributed by atoms with Crippen molar-refractivity contribution in [3.8, 4) is 5.75 Å². The monoisotopic (exact) mass is 324 g/mol. The van der Waals surface area contributed by atoms with Gasteiger partial charge in [-0.15, -0.1) is 11.3 Å². The average Bonchev–Trinajstić information content (AvgIpc) is 2.85. The fourth-order valence-corrected chi connectivity index (χ4v) is 2.97. The lowest BCUT2D eigenvalue weighted by atomic mass is 10.2. The summed E-state index contributed by atoms with van der Waals surface area (Å²) in [5.74, 6) is 0.610. The Hall–Kier alpha value is -1.13. The fourth-order valence-electron chi connectivity index (χ4n) is 1.60. The van der Waals surface area contributed by atoms with Gasteiger partial charge in [-0.1, -0.05) is 13.0 Å². The second-order valence-electron chi connectivity index (χ2n) is 3.79. The molecule has 1 heterocycles. The normalized spacial score (nSPS) is 10.3. The number of hydrogen-bond donors (Lipinski definition) is 0. The van der Waals surface area contributed by atoms with Gasteiger partial charge in [0, 0.05) is 9.75 Å². The summed E-state index contributed by atoms with van der Waals surface area (Å²) in [6, 6.07) is 9.62. The van der Waals surface area contributed by atoms with Crippen molar-refractivity contribution >= 4 is 33.6 Å². The molecule has 4 heteroatoms. The Morgan fingerprint density at radius 2 is 2.06 bits per heavy atom. The van der Waals surface area contributed by atoms with E-state index in [9.17, 15) is 4.79 Å². The molecule has 0 N–H and O–H groups in total. The molecular weight excluding hydrogens is 312 g/mol. The van der Waals surface area contributed by atoms with Gasteiger partial charge in [0.1, 0.15) is 12.4 Å². The largest absolute Gasteiger partial charge is 0.486 e. The molecule has 1 aromatic carbocycles. The zero-order valence-electron chi connectivity index (χ0n) is 9.98. The summed E-state index contributed by atoms with van der Waals surface area (Å²) in [5.41, 5.74) is 0.566. The van der Waals surface area contributed by atoms with Crippen LogP contribution in [0.2, 0.25) is 0 Å². The minimum absolute atomic E-state index is 0.494. The molecule has 0 aliphatic rings. The maximum Gasteiger partial charge on any atom is 0.153 e. The number of aldehydes is 1. The average molecular weight is 325 g/mol. The molecular formula is C14H13BrO2S. The number of carbonyl (C=O) groups is 1. The summed E-state index contributed by atoms with van der Waals surface area (Å²) < 4.78 is 6.54. The van der Waals surface area contributed by atoms with E-state index < -0.39 is 0 Å². The van der Waals surface area contributed by atoms with Crippen molar-refractivity contribution in [1.82, 2.24) is 0 Å². The smallest absolute Gasteiger partial charge is 0.153 e. The molecule has 94 valence electrons. The first-order chi connectivity index (χ1) is 8.74. The van der Waals surface area contributed by atoms with Crippen molar-refractivity contribution in [1.29, 1.82) is 0 Å². The number of aryl methyl sites for hydroxylation is 1. The van der Waals surface area contributed by atoms with E-state index in [1.54, 1.807) is 17.4 Å². The number of halogens is 1. The van der Waals surface area contributed by atoms with Crippen LogP contribution in [-0.2, 0) is 13.0 Å². The molecule has 0 fully saturated rings. The second kappa shape index (κ2) is 6.16. The SMILES string of the molecule is CCc1ccc(COc2c(Br)cccc2C=O)s1. The standard InChI is InChI=1S/C14H13BrO2S/c1-2-11-6-7-12(18-11)9-17-14-10(8-16)4-3-5-13(14)15/h3-8H,2,9H2,1H3. The first-order valence-corrected chi connectivity index (χ1v) is 7.29. The molecule has 2 rings (SSSR count). The number of carbonyl (C=O) groups excluding carboxylic acids is 1. The van der Waals surface area contributed by atoms with Gasteiger partial charge in [-0.3, -0.25) is 4.79 Å². The molecule has 0 amide bonds. The van der Waals surface area contributed by atoms with E-state index in [0.717, 1.165) is 17.2 Å². The lowest BCUT2D eigenvalue weighted by Gasteiger charge is -2.09. The quantitative estimate of drug-likeness (QED) is 0.759. The van der Waals surface area contributed by atoms with Crippen LogP contribution in [0.5, 0.6) is 5.75 Å². The summed E-state index contributed by atoms with van der Waals surface area (Å²) in [4.78, 5) is 13.5. The van der Waals surface area contributed by atoms with Crippen molar-refractivity contribution < 1.29 is 9.53 Å². The summed E-state index contributed by atoms with van der Waals surface area (Å²) in [6.07, 6.45) is 1.85. The highest BCUT2D eigenvalue weighted by Crippen LogP contribution is 2.29. The van der Waals surface area contributed by atoms with E-state index in [1.165, 1.54) is 9.75 Å². The van der Waals surface area contributed by atoms with E-state index in [4.69, 9.17) is 4.74 Å². The lowest BCUT2D eigenvalue weighted by Crippen LogP contribution is -1.97. The zero-order valence-corrected chi connectivity index (χ0v) is 12.4. The van der Waals surface area contributed by atoms with Gasteiger partial charge < -0.3 is 4.74 Å². The fraction of sp³-hybridized carbons (Fsp3) is 0.214. The van der Waals surface area contributed by atoms with Crippen molar-refractivity contribution in [3.05, 3.63) is 50.1 Å². The Labute approximate surface area is 119 Å². The van der Waals surface area contributed by atoms with Crippen LogP contribution >= 0.6 is 27.3 Å². The Bertz CT molecular complexity index is 548. The van der Waals surface area contributed by atoms with Crippen LogP contribution in [0.3, 0.4) is 0 Å². The third kappa shape index (κ3) is 3.00. The molecule has 0 aliphatic heterocycles. The predicted octanol–water partition coefficient (Wildman–Crippen LogP) is 4.46. The molecule has 0 saturated carbocycles. The van der Waals surface area contributed by atoms with E-state index in [0.29, 0.717) is 17.9 Å². The third-order valence-electron chi connectivity index (χ3n) is 2.55. The number of benzene rings is 1. The van der Waals surface area contributed by atoms with Gasteiger partial charge in [0.2, 0.25) is 0 Å². The van der Waals surface area contributed by atoms with Crippen LogP contribution in [0.15, 0.2) is 34.8 Å². The molecule has 2 nitrogen and oxygen atoms in total. The van der Waals surface area contributed by atoms with Gasteiger partial charge in [0.25, 0.3) is 0 Å². The molecule has 0 spiro atoms. The van der Waals surface area contributed by atoms with Crippen molar-refractivity contribution in [3.63, 3.8) is 0 Å². The van der Waals surface area contributed by atoms with Gasteiger partial charge in [-0.2, -0.15) is 0 Å². The molecule has 0 unspecified atom stereocenters. The maximum atomic E-state index is 10.9. The maximum absolute atomic E-state index is 10.9. The van der Waals surface area contributed by atoms with Crippen LogP contribution in [0.1, 0.15) is 27.0 Å². The van der Waals surface area contributed by atoms with Gasteiger partial charge in [-0.05, 0) is 46.6 Å². The lowest BCUT2D eigenvalue weighted by molar-refractivity contribution is 0.111. The van der Waals surface area contributed by atoms with Crippen molar-refractivity contribution in [2.45, 2.75) is 20.0 Å². The number of thiophene rings is 1. The second-order valence-corrected chi connectivity index (χ2v) is 5.89. The van der Waals surface area contributed by atoms with Crippen molar-refractivity contribution in [2.75, 3.05) is 0 Å².